The molecule has 1 aliphatic carbocycles. The van der Waals surface area contributed by atoms with Gasteiger partial charge in [-0.3, -0.25) is 4.79 Å². The molecule has 2 atom stereocenters. The standard InChI is InChI=1S/C13H22N2O.ClH/c16-13(8-10-2-1-3-10)15-7-6-11-4-5-12(9-15)14-11;/h10-12,14H,1-9H2;1H. The van der Waals surface area contributed by atoms with Crippen molar-refractivity contribution in [1.29, 1.82) is 0 Å². The van der Waals surface area contributed by atoms with Crippen LogP contribution in [0.25, 0.3) is 0 Å². The third kappa shape index (κ3) is 2.94. The van der Waals surface area contributed by atoms with Crippen LogP contribution < -0.4 is 5.32 Å². The van der Waals surface area contributed by atoms with Gasteiger partial charge >= 0.3 is 0 Å². The summed E-state index contributed by atoms with van der Waals surface area (Å²) in [6.07, 6.45) is 8.45. The first-order valence-corrected chi connectivity index (χ1v) is 6.85. The second kappa shape index (κ2) is 5.57. The molecule has 3 nitrogen and oxygen atoms in total. The highest BCUT2D eigenvalue weighted by atomic mass is 35.5. The predicted octanol–water partition coefficient (Wildman–Crippen LogP) is 1.95. The van der Waals surface area contributed by atoms with Crippen LogP contribution in [0.1, 0.15) is 44.9 Å². The molecule has 3 aliphatic rings. The summed E-state index contributed by atoms with van der Waals surface area (Å²) in [6, 6.07) is 1.27. The Kier molecular flexibility index (Phi) is 4.31. The molecule has 2 bridgehead atoms. The zero-order valence-electron chi connectivity index (χ0n) is 10.4. The number of rotatable bonds is 2. The van der Waals surface area contributed by atoms with Crippen molar-refractivity contribution in [3.05, 3.63) is 0 Å². The number of likely N-dealkylation sites (tertiary alicyclic amines) is 1. The lowest BCUT2D eigenvalue weighted by molar-refractivity contribution is -0.133. The molecule has 1 amide bonds. The van der Waals surface area contributed by atoms with Crippen LogP contribution in [-0.4, -0.2) is 36.0 Å². The minimum Gasteiger partial charge on any atom is -0.341 e. The van der Waals surface area contributed by atoms with Crippen molar-refractivity contribution in [3.63, 3.8) is 0 Å². The lowest BCUT2D eigenvalue weighted by Gasteiger charge is -2.29. The smallest absolute Gasteiger partial charge is 0.222 e. The van der Waals surface area contributed by atoms with Gasteiger partial charge in [0.15, 0.2) is 0 Å². The van der Waals surface area contributed by atoms with Crippen LogP contribution in [0, 0.1) is 5.92 Å². The first kappa shape index (κ1) is 13.2. The van der Waals surface area contributed by atoms with E-state index in [2.05, 4.69) is 10.2 Å². The highest BCUT2D eigenvalue weighted by molar-refractivity contribution is 5.85. The topological polar surface area (TPSA) is 32.3 Å². The van der Waals surface area contributed by atoms with E-state index in [0.717, 1.165) is 25.9 Å². The molecule has 0 aromatic rings. The van der Waals surface area contributed by atoms with Gasteiger partial charge in [-0.2, -0.15) is 0 Å². The monoisotopic (exact) mass is 258 g/mol. The average molecular weight is 259 g/mol. The highest BCUT2D eigenvalue weighted by Gasteiger charge is 2.32. The zero-order chi connectivity index (χ0) is 11.0. The maximum Gasteiger partial charge on any atom is 0.222 e. The normalized spacial score (nSPS) is 32.6. The number of carbonyl (C=O) groups excluding carboxylic acids is 1. The van der Waals surface area contributed by atoms with Crippen LogP contribution in [0.4, 0.5) is 0 Å². The summed E-state index contributed by atoms with van der Waals surface area (Å²) < 4.78 is 0. The van der Waals surface area contributed by atoms with Crippen molar-refractivity contribution < 1.29 is 4.79 Å². The molecule has 0 aromatic heterocycles. The van der Waals surface area contributed by atoms with E-state index in [1.165, 1.54) is 32.1 Å². The second-order valence-electron chi connectivity index (χ2n) is 5.77. The van der Waals surface area contributed by atoms with Crippen molar-refractivity contribution >= 4 is 18.3 Å². The molecular weight excluding hydrogens is 236 g/mol. The third-order valence-corrected chi connectivity index (χ3v) is 4.56. The molecule has 0 aromatic carbocycles. The Morgan fingerprint density at radius 1 is 1.12 bits per heavy atom. The minimum absolute atomic E-state index is 0. The van der Waals surface area contributed by atoms with Crippen molar-refractivity contribution in [1.82, 2.24) is 10.2 Å². The Hall–Kier alpha value is -0.280. The van der Waals surface area contributed by atoms with Crippen LogP contribution in [0.2, 0.25) is 0 Å². The Morgan fingerprint density at radius 3 is 2.59 bits per heavy atom. The highest BCUT2D eigenvalue weighted by Crippen LogP contribution is 2.30. The van der Waals surface area contributed by atoms with Crippen LogP contribution >= 0.6 is 12.4 Å². The van der Waals surface area contributed by atoms with Crippen LogP contribution in [-0.2, 0) is 4.79 Å². The molecule has 0 radical (unpaired) electrons. The van der Waals surface area contributed by atoms with E-state index < -0.39 is 0 Å². The molecule has 3 rings (SSSR count). The molecule has 2 unspecified atom stereocenters. The van der Waals surface area contributed by atoms with Gasteiger partial charge in [0.1, 0.15) is 0 Å². The third-order valence-electron chi connectivity index (χ3n) is 4.56. The number of nitrogens with zero attached hydrogens (tertiary/aromatic N) is 1. The molecular formula is C13H23ClN2O. The fourth-order valence-electron chi connectivity index (χ4n) is 3.24. The lowest BCUT2D eigenvalue weighted by Crippen LogP contribution is -2.40. The molecule has 2 saturated heterocycles. The number of halogens is 1. The van der Waals surface area contributed by atoms with Gasteiger partial charge in [0.2, 0.25) is 5.91 Å². The molecule has 1 saturated carbocycles. The number of hydrogen-bond acceptors (Lipinski definition) is 2. The van der Waals surface area contributed by atoms with Gasteiger partial charge in [-0.05, 0) is 38.0 Å². The van der Waals surface area contributed by atoms with E-state index in [1.54, 1.807) is 0 Å². The Balaban J connectivity index is 0.00000108. The Morgan fingerprint density at radius 2 is 1.88 bits per heavy atom. The van der Waals surface area contributed by atoms with E-state index in [1.807, 2.05) is 0 Å². The van der Waals surface area contributed by atoms with E-state index >= 15 is 0 Å². The summed E-state index contributed by atoms with van der Waals surface area (Å²) in [7, 11) is 0. The summed E-state index contributed by atoms with van der Waals surface area (Å²) in [5.41, 5.74) is 0. The Labute approximate surface area is 110 Å². The van der Waals surface area contributed by atoms with Gasteiger partial charge in [0.25, 0.3) is 0 Å². The van der Waals surface area contributed by atoms with Gasteiger partial charge in [-0.25, -0.2) is 0 Å². The van der Waals surface area contributed by atoms with E-state index in [4.69, 9.17) is 0 Å². The van der Waals surface area contributed by atoms with Gasteiger partial charge < -0.3 is 10.2 Å². The van der Waals surface area contributed by atoms with Gasteiger partial charge in [0.05, 0.1) is 0 Å². The van der Waals surface area contributed by atoms with Gasteiger partial charge in [-0.1, -0.05) is 6.42 Å². The van der Waals surface area contributed by atoms with Crippen LogP contribution in [0.15, 0.2) is 0 Å². The number of nitrogens with one attached hydrogen (secondary N) is 1. The van der Waals surface area contributed by atoms with E-state index in [0.29, 0.717) is 23.9 Å². The summed E-state index contributed by atoms with van der Waals surface area (Å²) in [6.45, 7) is 1.95. The van der Waals surface area contributed by atoms with Crippen molar-refractivity contribution in [2.75, 3.05) is 13.1 Å². The van der Waals surface area contributed by atoms with Crippen molar-refractivity contribution in [2.45, 2.75) is 57.0 Å². The molecule has 3 fully saturated rings. The van der Waals surface area contributed by atoms with E-state index in [9.17, 15) is 4.79 Å². The van der Waals surface area contributed by atoms with E-state index in [-0.39, 0.29) is 12.4 Å². The lowest BCUT2D eigenvalue weighted by atomic mass is 9.82. The maximum absolute atomic E-state index is 12.1. The first-order chi connectivity index (χ1) is 7.81. The number of carbonyl (C=O) groups is 1. The van der Waals surface area contributed by atoms with Gasteiger partial charge in [0, 0.05) is 31.6 Å². The Bertz CT molecular complexity index is 281. The summed E-state index contributed by atoms with van der Waals surface area (Å²) >= 11 is 0. The molecule has 2 heterocycles. The molecule has 0 spiro atoms. The number of fused-ring (bicyclic) bond motifs is 2. The first-order valence-electron chi connectivity index (χ1n) is 6.85. The quantitative estimate of drug-likeness (QED) is 0.821. The molecule has 1 N–H and O–H groups in total. The van der Waals surface area contributed by atoms with Crippen LogP contribution in [0.3, 0.4) is 0 Å². The largest absolute Gasteiger partial charge is 0.341 e. The average Bonchev–Trinajstić information content (AvgIpc) is 2.52. The van der Waals surface area contributed by atoms with Crippen LogP contribution in [0.5, 0.6) is 0 Å². The summed E-state index contributed by atoms with van der Waals surface area (Å²) in [5, 5.41) is 3.63. The van der Waals surface area contributed by atoms with Gasteiger partial charge in [-0.15, -0.1) is 12.4 Å². The zero-order valence-corrected chi connectivity index (χ0v) is 11.2. The molecule has 4 heteroatoms. The molecule has 98 valence electrons. The number of amides is 1. The van der Waals surface area contributed by atoms with Crippen molar-refractivity contribution in [3.8, 4) is 0 Å². The fraction of sp³-hybridized carbons (Fsp3) is 0.923. The predicted molar refractivity (Wildman–Crippen MR) is 70.3 cm³/mol. The second-order valence-corrected chi connectivity index (χ2v) is 5.77. The fourth-order valence-corrected chi connectivity index (χ4v) is 3.24. The molecule has 17 heavy (non-hydrogen) atoms. The molecule has 2 aliphatic heterocycles. The minimum atomic E-state index is 0. The number of hydrogen-bond donors (Lipinski definition) is 1. The summed E-state index contributed by atoms with van der Waals surface area (Å²) in [5.74, 6) is 1.12. The summed E-state index contributed by atoms with van der Waals surface area (Å²) in [4.78, 5) is 14.2. The SMILES string of the molecule is Cl.O=C(CC1CCC1)N1CCC2CCC(C1)N2. The van der Waals surface area contributed by atoms with Crippen molar-refractivity contribution in [2.24, 2.45) is 5.92 Å². The maximum atomic E-state index is 12.1.